The second-order valence-corrected chi connectivity index (χ2v) is 12.4. The fraction of sp³-hybridized carbons (Fsp3) is 0.457. The van der Waals surface area contributed by atoms with Gasteiger partial charge in [0.2, 0.25) is 0 Å². The van der Waals surface area contributed by atoms with Gasteiger partial charge in [-0.05, 0) is 68.7 Å². The molecule has 0 aliphatic heterocycles. The number of ether oxygens (including phenoxy) is 4. The van der Waals surface area contributed by atoms with Gasteiger partial charge in [-0.15, -0.1) is 0 Å². The molecule has 0 aromatic heterocycles. The standard InChI is InChI=1S/C35H46BN2O6P/c1-27(2)38(28(3)4)45(43-23-10-22-37)44-26-34(41-24-21-36)25-42-35(29-11-8-7-9-12-29,30-13-17-32(39-5)18-14-30)31-15-19-33(40-6)20-16-31/h7-9,11-20,27-28,34H,10,21,23-26H2,1-6H3. The van der Waals surface area contributed by atoms with Crippen molar-refractivity contribution in [3.05, 3.63) is 95.6 Å². The van der Waals surface area contributed by atoms with E-state index in [4.69, 9.17) is 41.1 Å². The predicted molar refractivity (Wildman–Crippen MR) is 180 cm³/mol. The highest BCUT2D eigenvalue weighted by Gasteiger charge is 2.39. The van der Waals surface area contributed by atoms with E-state index in [0.29, 0.717) is 12.9 Å². The number of nitriles is 1. The van der Waals surface area contributed by atoms with Gasteiger partial charge in [0.05, 0.1) is 54.4 Å². The van der Waals surface area contributed by atoms with Crippen molar-refractivity contribution in [1.29, 1.82) is 5.26 Å². The molecule has 0 aliphatic rings. The first-order valence-electron chi connectivity index (χ1n) is 15.3. The van der Waals surface area contributed by atoms with E-state index in [-0.39, 0.29) is 38.3 Å². The van der Waals surface area contributed by atoms with Gasteiger partial charge in [0.1, 0.15) is 23.2 Å². The highest BCUT2D eigenvalue weighted by Crippen LogP contribution is 2.46. The molecule has 0 N–H and O–H groups in total. The van der Waals surface area contributed by atoms with Gasteiger partial charge in [0.15, 0.2) is 0 Å². The summed E-state index contributed by atoms with van der Waals surface area (Å²) in [4.78, 5) is 0. The van der Waals surface area contributed by atoms with Crippen LogP contribution >= 0.6 is 8.53 Å². The summed E-state index contributed by atoms with van der Waals surface area (Å²) in [7, 11) is 7.71. The summed E-state index contributed by atoms with van der Waals surface area (Å²) in [5.41, 5.74) is 1.80. The van der Waals surface area contributed by atoms with Crippen LogP contribution < -0.4 is 9.47 Å². The minimum absolute atomic E-state index is 0.175. The Bertz CT molecular complexity index is 1230. The van der Waals surface area contributed by atoms with Gasteiger partial charge >= 0.3 is 0 Å². The van der Waals surface area contributed by atoms with Crippen LogP contribution in [-0.2, 0) is 24.1 Å². The van der Waals surface area contributed by atoms with Crippen molar-refractivity contribution in [3.8, 4) is 17.6 Å². The van der Waals surface area contributed by atoms with Crippen LogP contribution in [0.3, 0.4) is 0 Å². The third kappa shape index (κ3) is 10.0. The SMILES string of the molecule is [B]CCOC(COP(OCCC#N)N(C(C)C)C(C)C)COC(c1ccccc1)(c1ccc(OC)cc1)c1ccc(OC)cc1. The van der Waals surface area contributed by atoms with Crippen molar-refractivity contribution < 1.29 is 28.0 Å². The third-order valence-electron chi connectivity index (χ3n) is 7.16. The van der Waals surface area contributed by atoms with Crippen molar-refractivity contribution in [2.24, 2.45) is 0 Å². The number of hydrogen-bond donors (Lipinski definition) is 0. The molecule has 2 atom stereocenters. The van der Waals surface area contributed by atoms with E-state index < -0.39 is 20.2 Å². The second-order valence-electron chi connectivity index (χ2n) is 10.9. The summed E-state index contributed by atoms with van der Waals surface area (Å²) >= 11 is 0. The summed E-state index contributed by atoms with van der Waals surface area (Å²) in [6.45, 7) is 9.46. The summed E-state index contributed by atoms with van der Waals surface area (Å²) in [5.74, 6) is 1.50. The number of hydrogen-bond acceptors (Lipinski definition) is 8. The fourth-order valence-electron chi connectivity index (χ4n) is 5.13. The average Bonchev–Trinajstić information content (AvgIpc) is 3.06. The van der Waals surface area contributed by atoms with E-state index in [1.807, 2.05) is 66.7 Å². The van der Waals surface area contributed by atoms with E-state index >= 15 is 0 Å². The first-order valence-corrected chi connectivity index (χ1v) is 16.4. The number of nitrogens with zero attached hydrogens (tertiary/aromatic N) is 2. The Hall–Kier alpha value is -2.96. The Labute approximate surface area is 271 Å². The third-order valence-corrected chi connectivity index (χ3v) is 9.24. The lowest BCUT2D eigenvalue weighted by Gasteiger charge is -2.38. The summed E-state index contributed by atoms with van der Waals surface area (Å²) in [6.07, 6.45) is 0.180. The van der Waals surface area contributed by atoms with E-state index in [2.05, 4.69) is 50.6 Å². The molecule has 3 rings (SSSR count). The van der Waals surface area contributed by atoms with Crippen molar-refractivity contribution in [2.45, 2.75) is 64.2 Å². The van der Waals surface area contributed by atoms with Gasteiger partial charge in [-0.25, -0.2) is 4.67 Å². The van der Waals surface area contributed by atoms with Gasteiger partial charge in [-0.3, -0.25) is 0 Å². The first-order chi connectivity index (χ1) is 21.8. The van der Waals surface area contributed by atoms with Crippen LogP contribution in [0.4, 0.5) is 0 Å². The fourth-order valence-corrected chi connectivity index (χ4v) is 6.77. The molecule has 0 saturated carbocycles. The zero-order valence-electron chi connectivity index (χ0n) is 27.3. The Morgan fingerprint density at radius 3 is 1.76 bits per heavy atom. The molecule has 240 valence electrons. The summed E-state index contributed by atoms with van der Waals surface area (Å²) < 4.78 is 39.0. The maximum atomic E-state index is 9.10. The zero-order valence-corrected chi connectivity index (χ0v) is 28.2. The van der Waals surface area contributed by atoms with E-state index in [0.717, 1.165) is 28.2 Å². The number of methoxy groups -OCH3 is 2. The van der Waals surface area contributed by atoms with Crippen molar-refractivity contribution in [2.75, 3.05) is 40.6 Å². The van der Waals surface area contributed by atoms with Gasteiger partial charge < -0.3 is 28.0 Å². The topological polar surface area (TPSA) is 82.4 Å². The van der Waals surface area contributed by atoms with Crippen molar-refractivity contribution in [1.82, 2.24) is 4.67 Å². The van der Waals surface area contributed by atoms with Gasteiger partial charge in [-0.1, -0.05) is 60.9 Å². The molecule has 0 bridgehead atoms. The van der Waals surface area contributed by atoms with Gasteiger partial charge in [0.25, 0.3) is 8.53 Å². The minimum Gasteiger partial charge on any atom is -0.497 e. The molecule has 0 amide bonds. The summed E-state index contributed by atoms with van der Waals surface area (Å²) in [5, 5.41) is 9.10. The molecule has 0 aliphatic carbocycles. The molecule has 0 spiro atoms. The van der Waals surface area contributed by atoms with Gasteiger partial charge in [-0.2, -0.15) is 5.26 Å². The molecule has 3 aromatic rings. The van der Waals surface area contributed by atoms with Crippen LogP contribution in [0.2, 0.25) is 6.32 Å². The molecule has 2 radical (unpaired) electrons. The molecule has 45 heavy (non-hydrogen) atoms. The maximum absolute atomic E-state index is 9.10. The highest BCUT2D eigenvalue weighted by atomic mass is 31.2. The quantitative estimate of drug-likeness (QED) is 0.0557. The molecule has 10 heteroatoms. The molecule has 0 heterocycles. The Kier molecular flexibility index (Phi) is 15.3. The number of benzene rings is 3. The Morgan fingerprint density at radius 1 is 0.756 bits per heavy atom. The predicted octanol–water partition coefficient (Wildman–Crippen LogP) is 7.28. The lowest BCUT2D eigenvalue weighted by atomic mass is 9.80. The Morgan fingerprint density at radius 2 is 1.29 bits per heavy atom. The molecule has 2 unspecified atom stereocenters. The molecular weight excluding hydrogens is 586 g/mol. The minimum atomic E-state index is -1.46. The highest BCUT2D eigenvalue weighted by molar-refractivity contribution is 7.44. The van der Waals surface area contributed by atoms with Gasteiger partial charge in [0, 0.05) is 18.7 Å². The largest absolute Gasteiger partial charge is 0.497 e. The maximum Gasteiger partial charge on any atom is 0.259 e. The zero-order chi connectivity index (χ0) is 32.7. The molecule has 0 fully saturated rings. The van der Waals surface area contributed by atoms with Crippen LogP contribution in [0, 0.1) is 11.3 Å². The Balaban J connectivity index is 2.02. The van der Waals surface area contributed by atoms with Crippen LogP contribution in [0.1, 0.15) is 50.8 Å². The lowest BCUT2D eigenvalue weighted by molar-refractivity contribution is -0.0759. The van der Waals surface area contributed by atoms with Crippen LogP contribution in [0.25, 0.3) is 0 Å². The van der Waals surface area contributed by atoms with E-state index in [9.17, 15) is 0 Å². The number of rotatable bonds is 20. The first kappa shape index (κ1) is 36.5. The summed E-state index contributed by atoms with van der Waals surface area (Å²) in [6, 6.07) is 28.4. The lowest BCUT2D eigenvalue weighted by Crippen LogP contribution is -2.38. The molecular formula is C35H46BN2O6P. The molecule has 8 nitrogen and oxygen atoms in total. The molecule has 0 saturated heterocycles. The van der Waals surface area contributed by atoms with Crippen LogP contribution in [-0.4, -0.2) is 71.4 Å². The average molecular weight is 633 g/mol. The normalized spacial score (nSPS) is 13.2. The molecule has 3 aromatic carbocycles. The second kappa shape index (κ2) is 18.9. The monoisotopic (exact) mass is 632 g/mol. The van der Waals surface area contributed by atoms with Crippen LogP contribution in [0.15, 0.2) is 78.9 Å². The van der Waals surface area contributed by atoms with E-state index in [1.54, 1.807) is 14.2 Å². The van der Waals surface area contributed by atoms with E-state index in [1.165, 1.54) is 0 Å². The van der Waals surface area contributed by atoms with Crippen LogP contribution in [0.5, 0.6) is 11.5 Å². The van der Waals surface area contributed by atoms with Crippen molar-refractivity contribution in [3.63, 3.8) is 0 Å². The van der Waals surface area contributed by atoms with Crippen molar-refractivity contribution >= 4 is 16.4 Å². The smallest absolute Gasteiger partial charge is 0.259 e.